The Morgan fingerprint density at radius 2 is 2.10 bits per heavy atom. The molecule has 2 heterocycles. The Hall–Kier alpha value is -2.93. The lowest BCUT2D eigenvalue weighted by Gasteiger charge is -2.30. The SMILES string of the molecule is CSc1ccc(/C=C/C(=O)N2CCCC(c3nc(-c4cccc(F)c4)no3)C2)cc1. The maximum atomic E-state index is 13.4. The third-order valence-corrected chi connectivity index (χ3v) is 5.88. The summed E-state index contributed by atoms with van der Waals surface area (Å²) < 4.78 is 18.9. The maximum absolute atomic E-state index is 13.4. The van der Waals surface area contributed by atoms with E-state index in [1.807, 2.05) is 41.5 Å². The van der Waals surface area contributed by atoms with Gasteiger partial charge in [-0.2, -0.15) is 4.98 Å². The molecule has 154 valence electrons. The highest BCUT2D eigenvalue weighted by molar-refractivity contribution is 7.98. The van der Waals surface area contributed by atoms with E-state index in [1.165, 1.54) is 17.0 Å². The molecule has 1 unspecified atom stereocenters. The molecule has 1 amide bonds. The molecule has 0 N–H and O–H groups in total. The van der Waals surface area contributed by atoms with Crippen LogP contribution in [0.25, 0.3) is 17.5 Å². The molecule has 0 spiro atoms. The molecule has 0 radical (unpaired) electrons. The van der Waals surface area contributed by atoms with Gasteiger partial charge in [-0.05, 0) is 55.0 Å². The van der Waals surface area contributed by atoms with E-state index in [1.54, 1.807) is 30.0 Å². The first kappa shape index (κ1) is 20.3. The number of nitrogens with zero attached hydrogens (tertiary/aromatic N) is 3. The number of carbonyl (C=O) groups is 1. The molecule has 0 bridgehead atoms. The Kier molecular flexibility index (Phi) is 6.28. The number of halogens is 1. The highest BCUT2D eigenvalue weighted by Gasteiger charge is 2.28. The molecule has 0 aliphatic carbocycles. The number of hydrogen-bond donors (Lipinski definition) is 0. The Morgan fingerprint density at radius 1 is 1.27 bits per heavy atom. The van der Waals surface area contributed by atoms with Crippen molar-refractivity contribution in [3.05, 3.63) is 71.9 Å². The minimum Gasteiger partial charge on any atom is -0.339 e. The summed E-state index contributed by atoms with van der Waals surface area (Å²) in [6, 6.07) is 14.2. The van der Waals surface area contributed by atoms with Crippen LogP contribution in [0.15, 0.2) is 64.0 Å². The molecular weight excluding hydrogens is 401 g/mol. The first-order valence-corrected chi connectivity index (χ1v) is 11.1. The van der Waals surface area contributed by atoms with Crippen LogP contribution in [0.1, 0.15) is 30.2 Å². The van der Waals surface area contributed by atoms with Crippen molar-refractivity contribution in [2.75, 3.05) is 19.3 Å². The van der Waals surface area contributed by atoms with Gasteiger partial charge in [0.1, 0.15) is 5.82 Å². The van der Waals surface area contributed by atoms with Crippen molar-refractivity contribution in [1.29, 1.82) is 0 Å². The number of amides is 1. The summed E-state index contributed by atoms with van der Waals surface area (Å²) in [4.78, 5) is 20.1. The quantitative estimate of drug-likeness (QED) is 0.426. The van der Waals surface area contributed by atoms with Crippen molar-refractivity contribution in [3.8, 4) is 11.4 Å². The fraction of sp³-hybridized carbons (Fsp3) is 0.261. The van der Waals surface area contributed by atoms with Gasteiger partial charge in [0.25, 0.3) is 0 Å². The monoisotopic (exact) mass is 423 g/mol. The minimum atomic E-state index is -0.344. The summed E-state index contributed by atoms with van der Waals surface area (Å²) in [6.07, 6.45) is 7.22. The van der Waals surface area contributed by atoms with Crippen molar-refractivity contribution >= 4 is 23.7 Å². The van der Waals surface area contributed by atoms with E-state index in [0.717, 1.165) is 18.4 Å². The number of carbonyl (C=O) groups excluding carboxylic acids is 1. The van der Waals surface area contributed by atoms with Gasteiger partial charge in [0.05, 0.1) is 5.92 Å². The fourth-order valence-electron chi connectivity index (χ4n) is 3.51. The third kappa shape index (κ3) is 4.79. The van der Waals surface area contributed by atoms with Crippen molar-refractivity contribution < 1.29 is 13.7 Å². The van der Waals surface area contributed by atoms with Crippen molar-refractivity contribution in [2.24, 2.45) is 0 Å². The second-order valence-corrected chi connectivity index (χ2v) is 8.08. The van der Waals surface area contributed by atoms with E-state index in [4.69, 9.17) is 4.52 Å². The second kappa shape index (κ2) is 9.26. The number of benzene rings is 2. The van der Waals surface area contributed by atoms with Crippen LogP contribution in [-0.4, -0.2) is 40.3 Å². The predicted octanol–water partition coefficient (Wildman–Crippen LogP) is 5.02. The van der Waals surface area contributed by atoms with E-state index in [0.29, 0.717) is 30.4 Å². The highest BCUT2D eigenvalue weighted by Crippen LogP contribution is 2.28. The Balaban J connectivity index is 1.41. The summed E-state index contributed by atoms with van der Waals surface area (Å²) in [5, 5.41) is 3.99. The van der Waals surface area contributed by atoms with Crippen LogP contribution in [-0.2, 0) is 4.79 Å². The van der Waals surface area contributed by atoms with Gasteiger partial charge in [-0.25, -0.2) is 4.39 Å². The normalized spacial score (nSPS) is 16.9. The molecule has 3 aromatic rings. The maximum Gasteiger partial charge on any atom is 0.246 e. The number of thioether (sulfide) groups is 1. The molecule has 1 fully saturated rings. The molecule has 1 aliphatic rings. The van der Waals surface area contributed by atoms with Crippen molar-refractivity contribution in [1.82, 2.24) is 15.0 Å². The zero-order valence-corrected chi connectivity index (χ0v) is 17.4. The molecule has 1 aromatic heterocycles. The van der Waals surface area contributed by atoms with Crippen LogP contribution >= 0.6 is 11.8 Å². The van der Waals surface area contributed by atoms with Crippen LogP contribution in [0.4, 0.5) is 4.39 Å². The number of hydrogen-bond acceptors (Lipinski definition) is 5. The number of piperidine rings is 1. The van der Waals surface area contributed by atoms with E-state index < -0.39 is 0 Å². The lowest BCUT2D eigenvalue weighted by atomic mass is 9.98. The van der Waals surface area contributed by atoms with Crippen LogP contribution < -0.4 is 0 Å². The second-order valence-electron chi connectivity index (χ2n) is 7.20. The van der Waals surface area contributed by atoms with Crippen LogP contribution in [0.5, 0.6) is 0 Å². The lowest BCUT2D eigenvalue weighted by molar-refractivity contribution is -0.127. The summed E-state index contributed by atoms with van der Waals surface area (Å²) in [6.45, 7) is 1.23. The van der Waals surface area contributed by atoms with Gasteiger partial charge >= 0.3 is 0 Å². The summed E-state index contributed by atoms with van der Waals surface area (Å²) in [7, 11) is 0. The van der Waals surface area contributed by atoms with Gasteiger partial charge in [-0.1, -0.05) is 29.4 Å². The first-order valence-electron chi connectivity index (χ1n) is 9.83. The van der Waals surface area contributed by atoms with Crippen molar-refractivity contribution in [2.45, 2.75) is 23.7 Å². The zero-order valence-electron chi connectivity index (χ0n) is 16.6. The number of likely N-dealkylation sites (tertiary alicyclic amines) is 1. The third-order valence-electron chi connectivity index (χ3n) is 5.14. The molecule has 1 atom stereocenters. The number of rotatable bonds is 5. The molecule has 30 heavy (non-hydrogen) atoms. The summed E-state index contributed by atoms with van der Waals surface area (Å²) in [5.41, 5.74) is 1.57. The Bertz CT molecular complexity index is 1050. The summed E-state index contributed by atoms with van der Waals surface area (Å²) >= 11 is 1.69. The average Bonchev–Trinajstić information content (AvgIpc) is 3.28. The van der Waals surface area contributed by atoms with Gasteiger partial charge in [0.15, 0.2) is 0 Å². The standard InChI is InChI=1S/C23H22FN3O2S/c1-30-20-10-7-16(8-11-20)9-12-21(28)27-13-3-5-18(15-27)23-25-22(26-29-23)17-4-2-6-19(24)14-17/h2,4,6-12,14,18H,3,5,13,15H2,1H3/b12-9+. The predicted molar refractivity (Wildman–Crippen MR) is 116 cm³/mol. The molecule has 1 saturated heterocycles. The Labute approximate surface area is 179 Å². The molecule has 0 saturated carbocycles. The van der Waals surface area contributed by atoms with Gasteiger partial charge < -0.3 is 9.42 Å². The fourth-order valence-corrected chi connectivity index (χ4v) is 3.92. The minimum absolute atomic E-state index is 0.0215. The van der Waals surface area contributed by atoms with E-state index in [-0.39, 0.29) is 17.6 Å². The van der Waals surface area contributed by atoms with E-state index in [2.05, 4.69) is 10.1 Å². The van der Waals surface area contributed by atoms with Gasteiger partial charge in [0, 0.05) is 29.6 Å². The zero-order chi connectivity index (χ0) is 20.9. The molecule has 5 nitrogen and oxygen atoms in total. The molecular formula is C23H22FN3O2S. The molecule has 1 aliphatic heterocycles. The lowest BCUT2D eigenvalue weighted by Crippen LogP contribution is -2.38. The van der Waals surface area contributed by atoms with Crippen molar-refractivity contribution in [3.63, 3.8) is 0 Å². The smallest absolute Gasteiger partial charge is 0.246 e. The largest absolute Gasteiger partial charge is 0.339 e. The van der Waals surface area contributed by atoms with Crippen LogP contribution in [0.3, 0.4) is 0 Å². The van der Waals surface area contributed by atoms with Gasteiger partial charge in [-0.3, -0.25) is 4.79 Å². The van der Waals surface area contributed by atoms with Crippen LogP contribution in [0, 0.1) is 5.82 Å². The first-order chi connectivity index (χ1) is 14.6. The summed E-state index contributed by atoms with van der Waals surface area (Å²) in [5.74, 6) is 0.457. The molecule has 4 rings (SSSR count). The Morgan fingerprint density at radius 3 is 2.87 bits per heavy atom. The molecule has 2 aromatic carbocycles. The molecule has 7 heteroatoms. The van der Waals surface area contributed by atoms with E-state index in [9.17, 15) is 9.18 Å². The average molecular weight is 424 g/mol. The van der Waals surface area contributed by atoms with E-state index >= 15 is 0 Å². The highest BCUT2D eigenvalue weighted by atomic mass is 32.2. The van der Waals surface area contributed by atoms with Gasteiger partial charge in [-0.15, -0.1) is 11.8 Å². The van der Waals surface area contributed by atoms with Crippen LogP contribution in [0.2, 0.25) is 0 Å². The van der Waals surface area contributed by atoms with Gasteiger partial charge in [0.2, 0.25) is 17.6 Å². The number of aromatic nitrogens is 2. The topological polar surface area (TPSA) is 59.2 Å².